The van der Waals surface area contributed by atoms with Crippen molar-refractivity contribution in [1.29, 1.82) is 0 Å². The number of benzene rings is 1. The number of fused-ring (bicyclic) bond motifs is 1. The summed E-state index contributed by atoms with van der Waals surface area (Å²) in [5.74, 6) is 0.310. The summed E-state index contributed by atoms with van der Waals surface area (Å²) < 4.78 is 29.3. The normalized spacial score (nSPS) is 12.4. The Morgan fingerprint density at radius 3 is 2.60 bits per heavy atom. The van der Waals surface area contributed by atoms with Gasteiger partial charge in [-0.25, -0.2) is 0 Å². The van der Waals surface area contributed by atoms with Gasteiger partial charge in [0.25, 0.3) is 0 Å². The fraction of sp³-hybridized carbons (Fsp3) is 0.0526. The molecule has 0 aliphatic heterocycles. The molecule has 25 heavy (non-hydrogen) atoms. The maximum atomic E-state index is 13.9. The summed E-state index contributed by atoms with van der Waals surface area (Å²) in [6.45, 7) is 0. The third-order valence-electron chi connectivity index (χ3n) is 3.87. The number of aromatic nitrogens is 3. The number of pyridine rings is 2. The van der Waals surface area contributed by atoms with Crippen LogP contribution in [0, 0.1) is 5.82 Å². The number of hydrogen-bond donors (Lipinski definition) is 0. The minimum atomic E-state index is -2.56. The molecule has 1 aromatic carbocycles. The summed E-state index contributed by atoms with van der Waals surface area (Å²) in [6, 6.07) is 17.7. The quantitative estimate of drug-likeness (QED) is 0.497. The fourth-order valence-corrected chi connectivity index (χ4v) is 5.28. The Morgan fingerprint density at radius 1 is 1.00 bits per heavy atom. The van der Waals surface area contributed by atoms with Gasteiger partial charge in [-0.2, -0.15) is 0 Å². The second-order valence-corrected chi connectivity index (χ2v) is 8.36. The average molecular weight is 398 g/mol. The summed E-state index contributed by atoms with van der Waals surface area (Å²) in [5.41, 5.74) is 1.94. The molecule has 0 saturated heterocycles. The molecular weight excluding hydrogens is 384 g/mol. The van der Waals surface area contributed by atoms with Crippen LogP contribution in [0.15, 0.2) is 73.1 Å². The Kier molecular flexibility index (Phi) is 4.22. The van der Waals surface area contributed by atoms with Crippen molar-refractivity contribution in [3.63, 3.8) is 0 Å². The Balaban J connectivity index is 1.80. The maximum absolute atomic E-state index is 13.9. The van der Waals surface area contributed by atoms with Gasteiger partial charge < -0.3 is 0 Å². The molecular formula is C19H14FN3OSe. The molecule has 0 aliphatic carbocycles. The van der Waals surface area contributed by atoms with Gasteiger partial charge in [0.15, 0.2) is 0 Å². The first kappa shape index (κ1) is 15.8. The zero-order valence-corrected chi connectivity index (χ0v) is 14.9. The first-order chi connectivity index (χ1) is 12.2. The second kappa shape index (κ2) is 6.67. The van der Waals surface area contributed by atoms with E-state index in [4.69, 9.17) is 0 Å². The van der Waals surface area contributed by atoms with Crippen LogP contribution in [0.25, 0.3) is 17.0 Å². The molecule has 0 N–H and O–H groups in total. The van der Waals surface area contributed by atoms with Crippen molar-refractivity contribution in [1.82, 2.24) is 14.4 Å². The molecule has 1 atom stereocenters. The Labute approximate surface area is 148 Å². The third kappa shape index (κ3) is 3.02. The number of rotatable bonds is 4. The van der Waals surface area contributed by atoms with Crippen molar-refractivity contribution >= 4 is 23.9 Å². The summed E-state index contributed by atoms with van der Waals surface area (Å²) in [6.07, 6.45) is 3.57. The van der Waals surface area contributed by atoms with Gasteiger partial charge in [-0.15, -0.1) is 0 Å². The molecule has 3 heterocycles. The minimum absolute atomic E-state index is 0.176. The van der Waals surface area contributed by atoms with E-state index in [9.17, 15) is 8.23 Å². The predicted molar refractivity (Wildman–Crippen MR) is 94.6 cm³/mol. The molecule has 4 nitrogen and oxygen atoms in total. The molecule has 6 heteroatoms. The van der Waals surface area contributed by atoms with E-state index in [-0.39, 0.29) is 11.1 Å². The first-order valence-corrected chi connectivity index (χ1v) is 10.5. The van der Waals surface area contributed by atoms with Crippen LogP contribution >= 0.6 is 0 Å². The van der Waals surface area contributed by atoms with Gasteiger partial charge in [-0.3, -0.25) is 0 Å². The topological polar surface area (TPSA) is 47.3 Å². The second-order valence-electron chi connectivity index (χ2n) is 5.49. The molecule has 0 saturated carbocycles. The predicted octanol–water partition coefficient (Wildman–Crippen LogP) is 2.95. The van der Waals surface area contributed by atoms with Crippen LogP contribution in [0.5, 0.6) is 0 Å². The van der Waals surface area contributed by atoms with Gasteiger partial charge in [0.1, 0.15) is 0 Å². The molecule has 0 amide bonds. The van der Waals surface area contributed by atoms with E-state index in [2.05, 4.69) is 9.97 Å². The Bertz CT molecular complexity index is 1060. The van der Waals surface area contributed by atoms with Gasteiger partial charge in [0.2, 0.25) is 0 Å². The summed E-state index contributed by atoms with van der Waals surface area (Å²) in [7, 11) is 0. The monoisotopic (exact) mass is 399 g/mol. The number of nitrogens with zero attached hydrogens (tertiary/aromatic N) is 3. The molecule has 124 valence electrons. The first-order valence-electron chi connectivity index (χ1n) is 7.74. The van der Waals surface area contributed by atoms with E-state index in [1.807, 2.05) is 47.0 Å². The Morgan fingerprint density at radius 2 is 1.80 bits per heavy atom. The van der Waals surface area contributed by atoms with E-state index in [1.54, 1.807) is 24.4 Å². The summed E-state index contributed by atoms with van der Waals surface area (Å²) in [4.78, 5) is 8.94. The van der Waals surface area contributed by atoms with Gasteiger partial charge in [-0.05, 0) is 0 Å². The fourth-order valence-electron chi connectivity index (χ4n) is 2.68. The van der Waals surface area contributed by atoms with E-state index < -0.39 is 13.8 Å². The molecule has 0 bridgehead atoms. The molecule has 0 aliphatic rings. The molecule has 4 rings (SSSR count). The number of imidazole rings is 1. The summed E-state index contributed by atoms with van der Waals surface area (Å²) >= 11 is -2.56. The molecule has 0 radical (unpaired) electrons. The molecule has 4 aromatic rings. The van der Waals surface area contributed by atoms with Gasteiger partial charge >= 0.3 is 148 Å². The van der Waals surface area contributed by atoms with Crippen LogP contribution in [-0.4, -0.2) is 28.2 Å². The van der Waals surface area contributed by atoms with E-state index in [1.165, 1.54) is 6.07 Å². The van der Waals surface area contributed by atoms with Crippen molar-refractivity contribution in [2.24, 2.45) is 0 Å². The van der Waals surface area contributed by atoms with Crippen LogP contribution in [0.4, 0.5) is 4.39 Å². The molecule has 0 spiro atoms. The van der Waals surface area contributed by atoms with Gasteiger partial charge in [0.05, 0.1) is 0 Å². The molecule has 3 aromatic heterocycles. The van der Waals surface area contributed by atoms with Crippen molar-refractivity contribution < 1.29 is 8.23 Å². The van der Waals surface area contributed by atoms with Crippen LogP contribution in [-0.2, 0) is 9.15 Å². The number of halogens is 1. The SMILES string of the molecule is O=[Se](Cc1ccccc1F)c1nc(-c2ccccn2)n2ccccc12. The number of hydrogen-bond acceptors (Lipinski definition) is 3. The van der Waals surface area contributed by atoms with E-state index >= 15 is 0 Å². The van der Waals surface area contributed by atoms with Gasteiger partial charge in [0, 0.05) is 0 Å². The molecule has 0 fully saturated rings. The van der Waals surface area contributed by atoms with Gasteiger partial charge in [-0.1, -0.05) is 0 Å². The van der Waals surface area contributed by atoms with Crippen molar-refractivity contribution in [3.8, 4) is 11.5 Å². The average Bonchev–Trinajstić information content (AvgIpc) is 3.04. The van der Waals surface area contributed by atoms with Crippen molar-refractivity contribution in [2.75, 3.05) is 0 Å². The van der Waals surface area contributed by atoms with Crippen molar-refractivity contribution in [3.05, 3.63) is 84.4 Å². The van der Waals surface area contributed by atoms with E-state index in [0.29, 0.717) is 21.7 Å². The van der Waals surface area contributed by atoms with Crippen LogP contribution < -0.4 is 4.59 Å². The van der Waals surface area contributed by atoms with Crippen LogP contribution in [0.1, 0.15) is 5.56 Å². The van der Waals surface area contributed by atoms with Crippen molar-refractivity contribution in [2.45, 2.75) is 5.32 Å². The zero-order valence-electron chi connectivity index (χ0n) is 13.2. The Hall–Kier alpha value is -2.69. The van der Waals surface area contributed by atoms with E-state index in [0.717, 1.165) is 5.52 Å². The zero-order chi connectivity index (χ0) is 17.2. The van der Waals surface area contributed by atoms with Crippen LogP contribution in [0.3, 0.4) is 0 Å². The standard InChI is InChI=1S/C19H14FN3OSe/c20-15-8-2-1-7-14(15)13-25(24)19-17-10-4-6-12-23(17)18(22-19)16-9-3-5-11-21-16/h1-12H,13H2. The summed E-state index contributed by atoms with van der Waals surface area (Å²) in [5, 5.41) is 0.176. The van der Waals surface area contributed by atoms with Crippen LogP contribution in [0.2, 0.25) is 0 Å². The third-order valence-corrected chi connectivity index (χ3v) is 6.61. The molecule has 1 unspecified atom stereocenters.